The highest BCUT2D eigenvalue weighted by atomic mass is 32.1. The Morgan fingerprint density at radius 2 is 2.06 bits per heavy atom. The molecule has 1 fully saturated rings. The van der Waals surface area contributed by atoms with Crippen LogP contribution in [0.15, 0.2) is 29.9 Å². The van der Waals surface area contributed by atoms with E-state index >= 15 is 0 Å². The van der Waals surface area contributed by atoms with Crippen molar-refractivity contribution < 1.29 is 18.7 Å². The van der Waals surface area contributed by atoms with Gasteiger partial charge in [-0.25, -0.2) is 19.2 Å². The Balaban J connectivity index is 1.43. The number of fused-ring (bicyclic) bond motifs is 1. The first kappa shape index (κ1) is 24.8. The Bertz CT molecular complexity index is 1240. The number of rotatable bonds is 6. The van der Waals surface area contributed by atoms with Gasteiger partial charge < -0.3 is 19.9 Å². The molecule has 35 heavy (non-hydrogen) atoms. The number of anilines is 1. The summed E-state index contributed by atoms with van der Waals surface area (Å²) in [5.74, 6) is -0.155. The third-order valence-corrected chi connectivity index (χ3v) is 6.47. The average molecular weight is 501 g/mol. The van der Waals surface area contributed by atoms with Gasteiger partial charge in [-0.2, -0.15) is 0 Å². The quantitative estimate of drug-likeness (QED) is 0.537. The molecule has 4 heterocycles. The number of thiophene rings is 1. The van der Waals surface area contributed by atoms with E-state index in [1.807, 2.05) is 39.1 Å². The minimum atomic E-state index is -0.555. The van der Waals surface area contributed by atoms with Gasteiger partial charge in [0.25, 0.3) is 5.91 Å². The Labute approximate surface area is 207 Å². The van der Waals surface area contributed by atoms with E-state index in [1.165, 1.54) is 17.4 Å². The lowest BCUT2D eigenvalue weighted by Gasteiger charge is -2.40. The minimum absolute atomic E-state index is 0.162. The number of hydrogen-bond donors (Lipinski definition) is 1. The van der Waals surface area contributed by atoms with Gasteiger partial charge in [-0.1, -0.05) is 0 Å². The summed E-state index contributed by atoms with van der Waals surface area (Å²) < 4.78 is 19.7. The van der Waals surface area contributed by atoms with E-state index in [9.17, 15) is 14.0 Å². The van der Waals surface area contributed by atoms with Crippen molar-refractivity contribution in [3.05, 3.63) is 47.0 Å². The molecule has 3 aromatic rings. The van der Waals surface area contributed by atoms with Crippen molar-refractivity contribution in [1.82, 2.24) is 24.8 Å². The molecule has 0 spiro atoms. The zero-order valence-corrected chi connectivity index (χ0v) is 21.2. The smallest absolute Gasteiger partial charge is 0.410 e. The van der Waals surface area contributed by atoms with Gasteiger partial charge in [0.15, 0.2) is 5.69 Å². The van der Waals surface area contributed by atoms with Crippen LogP contribution in [0.5, 0.6) is 0 Å². The number of hydrogen-bond acceptors (Lipinski definition) is 8. The van der Waals surface area contributed by atoms with Crippen molar-refractivity contribution in [3.63, 3.8) is 0 Å². The Morgan fingerprint density at radius 3 is 2.74 bits per heavy atom. The topological polar surface area (TPSA) is 101 Å². The molecule has 0 bridgehead atoms. The van der Waals surface area contributed by atoms with Crippen LogP contribution >= 0.6 is 11.3 Å². The second-order valence-electron chi connectivity index (χ2n) is 9.77. The maximum absolute atomic E-state index is 13.6. The van der Waals surface area contributed by atoms with Crippen molar-refractivity contribution >= 4 is 39.5 Å². The maximum atomic E-state index is 13.6. The highest BCUT2D eigenvalue weighted by Gasteiger charge is 2.35. The lowest BCUT2D eigenvalue weighted by atomic mass is 9.99. The van der Waals surface area contributed by atoms with Crippen LogP contribution in [0.2, 0.25) is 0 Å². The normalized spacial score (nSPS) is 15.0. The SMILES string of the molecule is C[C@H](Nc1nc(C(=O)N2CC(CN(C)C(=O)OC(C)(C)C)C2)c2sccc2n1)c1cncc(F)c1. The molecule has 1 aliphatic rings. The molecule has 1 atom stereocenters. The first-order chi connectivity index (χ1) is 16.5. The molecule has 3 aromatic heterocycles. The Morgan fingerprint density at radius 1 is 1.31 bits per heavy atom. The molecular formula is C24H29FN6O3S. The molecule has 186 valence electrons. The molecule has 1 N–H and O–H groups in total. The van der Waals surface area contributed by atoms with Gasteiger partial charge in [-0.3, -0.25) is 9.78 Å². The lowest BCUT2D eigenvalue weighted by Crippen LogP contribution is -2.54. The fraction of sp³-hybridized carbons (Fsp3) is 0.458. The second-order valence-corrected chi connectivity index (χ2v) is 10.7. The molecule has 9 nitrogen and oxygen atoms in total. The summed E-state index contributed by atoms with van der Waals surface area (Å²) in [6, 6.07) is 2.93. The highest BCUT2D eigenvalue weighted by Crippen LogP contribution is 2.28. The van der Waals surface area contributed by atoms with E-state index < -0.39 is 11.4 Å². The molecule has 0 aromatic carbocycles. The molecule has 2 amide bonds. The van der Waals surface area contributed by atoms with E-state index in [0.717, 1.165) is 10.9 Å². The van der Waals surface area contributed by atoms with Crippen molar-refractivity contribution in [3.8, 4) is 0 Å². The van der Waals surface area contributed by atoms with Crippen molar-refractivity contribution in [2.45, 2.75) is 39.3 Å². The van der Waals surface area contributed by atoms with Gasteiger partial charge in [0.2, 0.25) is 5.95 Å². The largest absolute Gasteiger partial charge is 0.444 e. The van der Waals surface area contributed by atoms with Crippen LogP contribution in [-0.4, -0.2) is 69.0 Å². The number of ether oxygens (including phenoxy) is 1. The summed E-state index contributed by atoms with van der Waals surface area (Å²) in [6.45, 7) is 8.88. The molecule has 0 radical (unpaired) electrons. The zero-order valence-electron chi connectivity index (χ0n) is 20.4. The molecular weight excluding hydrogens is 471 g/mol. The molecule has 1 saturated heterocycles. The number of nitrogens with one attached hydrogen (secondary N) is 1. The molecule has 0 aliphatic carbocycles. The summed E-state index contributed by atoms with van der Waals surface area (Å²) in [6.07, 6.45) is 2.34. The third kappa shape index (κ3) is 5.84. The highest BCUT2D eigenvalue weighted by molar-refractivity contribution is 7.17. The first-order valence-corrected chi connectivity index (χ1v) is 12.2. The van der Waals surface area contributed by atoms with Gasteiger partial charge in [0.1, 0.15) is 11.4 Å². The summed E-state index contributed by atoms with van der Waals surface area (Å²) in [5.41, 5.74) is 1.09. The van der Waals surface area contributed by atoms with Crippen LogP contribution in [0, 0.1) is 11.7 Å². The standard InChI is InChI=1S/C24H29FN6O3S/c1-14(16-8-17(25)10-26-9-16)27-22-28-18-6-7-35-20(18)19(29-22)21(32)31-12-15(13-31)11-30(5)23(33)34-24(2,3)4/h6-10,14-15H,11-13H2,1-5H3,(H,27,28,29)/t14-/m0/s1. The number of aromatic nitrogens is 3. The third-order valence-electron chi connectivity index (χ3n) is 5.56. The van der Waals surface area contributed by atoms with Crippen molar-refractivity contribution in [1.29, 1.82) is 0 Å². The molecule has 4 rings (SSSR count). The summed E-state index contributed by atoms with van der Waals surface area (Å²) >= 11 is 1.41. The van der Waals surface area contributed by atoms with Gasteiger partial charge >= 0.3 is 6.09 Å². The zero-order chi connectivity index (χ0) is 25.3. The van der Waals surface area contributed by atoms with Gasteiger partial charge in [-0.15, -0.1) is 11.3 Å². The van der Waals surface area contributed by atoms with E-state index in [4.69, 9.17) is 4.74 Å². The van der Waals surface area contributed by atoms with E-state index in [2.05, 4.69) is 20.3 Å². The molecule has 11 heteroatoms. The number of pyridine rings is 1. The number of likely N-dealkylation sites (tertiary alicyclic amines) is 1. The average Bonchev–Trinajstić information content (AvgIpc) is 3.22. The number of nitrogens with zero attached hydrogens (tertiary/aromatic N) is 5. The van der Waals surface area contributed by atoms with Crippen LogP contribution in [0.4, 0.5) is 15.1 Å². The molecule has 0 saturated carbocycles. The predicted octanol–water partition coefficient (Wildman–Crippen LogP) is 4.34. The Hall–Kier alpha value is -3.34. The van der Waals surface area contributed by atoms with E-state index in [1.54, 1.807) is 23.0 Å². The maximum Gasteiger partial charge on any atom is 0.410 e. The second kappa shape index (κ2) is 9.73. The Kier molecular flexibility index (Phi) is 6.88. The minimum Gasteiger partial charge on any atom is -0.444 e. The van der Waals surface area contributed by atoms with Gasteiger partial charge in [0.05, 0.1) is 22.5 Å². The fourth-order valence-corrected chi connectivity index (χ4v) is 4.63. The summed E-state index contributed by atoms with van der Waals surface area (Å²) in [5, 5.41) is 5.02. The number of amides is 2. The number of carbonyl (C=O) groups is 2. The van der Waals surface area contributed by atoms with Crippen LogP contribution < -0.4 is 5.32 Å². The fourth-order valence-electron chi connectivity index (χ4n) is 3.82. The number of halogens is 1. The monoisotopic (exact) mass is 500 g/mol. The van der Waals surface area contributed by atoms with Crippen molar-refractivity contribution in [2.24, 2.45) is 5.92 Å². The van der Waals surface area contributed by atoms with Gasteiger partial charge in [-0.05, 0) is 50.8 Å². The first-order valence-electron chi connectivity index (χ1n) is 11.4. The van der Waals surface area contributed by atoms with Crippen LogP contribution in [-0.2, 0) is 4.74 Å². The van der Waals surface area contributed by atoms with Gasteiger partial charge in [0, 0.05) is 38.8 Å². The predicted molar refractivity (Wildman–Crippen MR) is 132 cm³/mol. The van der Waals surface area contributed by atoms with Crippen LogP contribution in [0.3, 0.4) is 0 Å². The summed E-state index contributed by atoms with van der Waals surface area (Å²) in [7, 11) is 1.70. The number of carbonyl (C=O) groups excluding carboxylic acids is 2. The lowest BCUT2D eigenvalue weighted by molar-refractivity contribution is 0.0166. The summed E-state index contributed by atoms with van der Waals surface area (Å²) in [4.78, 5) is 41.7. The van der Waals surface area contributed by atoms with E-state index in [0.29, 0.717) is 36.4 Å². The molecule has 1 aliphatic heterocycles. The van der Waals surface area contributed by atoms with E-state index in [-0.39, 0.29) is 29.9 Å². The van der Waals surface area contributed by atoms with Crippen LogP contribution in [0.25, 0.3) is 10.2 Å². The van der Waals surface area contributed by atoms with Crippen molar-refractivity contribution in [2.75, 3.05) is 32.0 Å². The molecule has 0 unspecified atom stereocenters. The van der Waals surface area contributed by atoms with Crippen LogP contribution in [0.1, 0.15) is 49.8 Å².